The predicted octanol–water partition coefficient (Wildman–Crippen LogP) is 0.330. The summed E-state index contributed by atoms with van der Waals surface area (Å²) in [5.41, 5.74) is 0.254. The highest BCUT2D eigenvalue weighted by Crippen LogP contribution is 2.31. The molecule has 0 aromatic heterocycles. The first-order valence-corrected chi connectivity index (χ1v) is 8.69. The Morgan fingerprint density at radius 2 is 1.92 bits per heavy atom. The molecule has 3 N–H and O–H groups in total. The minimum Gasteiger partial charge on any atom is -0.358 e. The molecule has 0 aliphatic carbocycles. The number of likely N-dealkylation sites (N-methyl/N-ethyl adjacent to an activating group) is 1. The van der Waals surface area contributed by atoms with Crippen LogP contribution < -0.4 is 16.0 Å². The van der Waals surface area contributed by atoms with Crippen LogP contribution in [0.1, 0.15) is 31.4 Å². The standard InChI is InChI=1S/C18H25FN4O3/c1-12(24)21-9-10-22-17(25)15-8-5-11-23(15)16(18(26)20-2)13-6-3-4-7-14(13)19/h3-4,6-7,15-16H,5,8-11H2,1-2H3,(H,20,26)(H,21,24)(H,22,25)/t15-,16+/m0/s1. The van der Waals surface area contributed by atoms with Crippen LogP contribution in [-0.2, 0) is 14.4 Å². The zero-order chi connectivity index (χ0) is 19.1. The summed E-state index contributed by atoms with van der Waals surface area (Å²) < 4.78 is 14.3. The zero-order valence-electron chi connectivity index (χ0n) is 15.0. The van der Waals surface area contributed by atoms with Gasteiger partial charge in [0.05, 0.1) is 6.04 Å². The molecule has 1 aliphatic heterocycles. The van der Waals surface area contributed by atoms with Crippen LogP contribution in [0.15, 0.2) is 24.3 Å². The van der Waals surface area contributed by atoms with Gasteiger partial charge in [-0.15, -0.1) is 0 Å². The molecule has 26 heavy (non-hydrogen) atoms. The van der Waals surface area contributed by atoms with Crippen LogP contribution in [0.25, 0.3) is 0 Å². The summed E-state index contributed by atoms with van der Waals surface area (Å²) in [6.07, 6.45) is 1.33. The van der Waals surface area contributed by atoms with E-state index < -0.39 is 17.9 Å². The quantitative estimate of drug-likeness (QED) is 0.608. The third-order valence-electron chi connectivity index (χ3n) is 4.42. The SMILES string of the molecule is CNC(=O)[C@@H](c1ccccc1F)N1CCC[C@H]1C(=O)NCCNC(C)=O. The molecule has 0 saturated carbocycles. The molecular formula is C18H25FN4O3. The van der Waals surface area contributed by atoms with Gasteiger partial charge in [-0.2, -0.15) is 0 Å². The Labute approximate surface area is 152 Å². The van der Waals surface area contributed by atoms with Crippen LogP contribution in [0.2, 0.25) is 0 Å². The first-order chi connectivity index (χ1) is 12.5. The average Bonchev–Trinajstić information content (AvgIpc) is 3.09. The fourth-order valence-corrected chi connectivity index (χ4v) is 3.23. The Bertz CT molecular complexity index is 668. The van der Waals surface area contributed by atoms with E-state index in [1.165, 1.54) is 20.0 Å². The second kappa shape index (κ2) is 9.28. The summed E-state index contributed by atoms with van der Waals surface area (Å²) in [5, 5.41) is 7.94. The van der Waals surface area contributed by atoms with E-state index >= 15 is 0 Å². The lowest BCUT2D eigenvalue weighted by atomic mass is 10.0. The van der Waals surface area contributed by atoms with Gasteiger partial charge in [0.25, 0.3) is 0 Å². The number of likely N-dealkylation sites (tertiary alicyclic amines) is 1. The van der Waals surface area contributed by atoms with E-state index in [4.69, 9.17) is 0 Å². The molecule has 0 spiro atoms. The van der Waals surface area contributed by atoms with E-state index in [0.717, 1.165) is 6.42 Å². The molecule has 1 aliphatic rings. The Balaban J connectivity index is 2.14. The molecule has 2 rings (SSSR count). The third-order valence-corrected chi connectivity index (χ3v) is 4.42. The second-order valence-corrected chi connectivity index (χ2v) is 6.21. The summed E-state index contributed by atoms with van der Waals surface area (Å²) in [5.74, 6) is -1.22. The number of carbonyl (C=O) groups is 3. The Morgan fingerprint density at radius 1 is 1.23 bits per heavy atom. The number of amides is 3. The van der Waals surface area contributed by atoms with Crippen LogP contribution >= 0.6 is 0 Å². The maximum absolute atomic E-state index is 14.3. The van der Waals surface area contributed by atoms with Gasteiger partial charge in [0.1, 0.15) is 11.9 Å². The van der Waals surface area contributed by atoms with E-state index in [2.05, 4.69) is 16.0 Å². The minimum absolute atomic E-state index is 0.166. The molecule has 3 amide bonds. The summed E-state index contributed by atoms with van der Waals surface area (Å²) >= 11 is 0. The van der Waals surface area contributed by atoms with Crippen molar-refractivity contribution < 1.29 is 18.8 Å². The van der Waals surface area contributed by atoms with Crippen molar-refractivity contribution in [3.05, 3.63) is 35.6 Å². The van der Waals surface area contributed by atoms with Crippen LogP contribution in [0.5, 0.6) is 0 Å². The number of carbonyl (C=O) groups excluding carboxylic acids is 3. The molecule has 1 saturated heterocycles. The predicted molar refractivity (Wildman–Crippen MR) is 94.6 cm³/mol. The molecule has 7 nitrogen and oxygen atoms in total. The van der Waals surface area contributed by atoms with E-state index in [0.29, 0.717) is 26.1 Å². The van der Waals surface area contributed by atoms with E-state index in [-0.39, 0.29) is 23.3 Å². The normalized spacial score (nSPS) is 18.2. The van der Waals surface area contributed by atoms with Crippen molar-refractivity contribution in [3.63, 3.8) is 0 Å². The highest BCUT2D eigenvalue weighted by atomic mass is 19.1. The number of rotatable bonds is 7. The second-order valence-electron chi connectivity index (χ2n) is 6.21. The minimum atomic E-state index is -0.866. The van der Waals surface area contributed by atoms with Crippen LogP contribution in [-0.4, -0.2) is 55.3 Å². The van der Waals surface area contributed by atoms with E-state index in [1.54, 1.807) is 23.1 Å². The molecule has 1 fully saturated rings. The maximum Gasteiger partial charge on any atom is 0.241 e. The summed E-state index contributed by atoms with van der Waals surface area (Å²) in [6, 6.07) is 4.73. The fraction of sp³-hybridized carbons (Fsp3) is 0.500. The van der Waals surface area contributed by atoms with Crippen LogP contribution in [0.4, 0.5) is 4.39 Å². The lowest BCUT2D eigenvalue weighted by Crippen LogP contribution is -2.49. The number of nitrogens with zero attached hydrogens (tertiary/aromatic N) is 1. The van der Waals surface area contributed by atoms with Crippen molar-refractivity contribution in [2.45, 2.75) is 31.8 Å². The Kier molecular flexibility index (Phi) is 7.08. The molecule has 0 bridgehead atoms. The van der Waals surface area contributed by atoms with Gasteiger partial charge in [-0.25, -0.2) is 4.39 Å². The molecule has 142 valence electrons. The van der Waals surface area contributed by atoms with Gasteiger partial charge in [0.2, 0.25) is 17.7 Å². The number of hydrogen-bond acceptors (Lipinski definition) is 4. The lowest BCUT2D eigenvalue weighted by Gasteiger charge is -2.31. The van der Waals surface area contributed by atoms with Gasteiger partial charge >= 0.3 is 0 Å². The van der Waals surface area contributed by atoms with Crippen molar-refractivity contribution in [2.24, 2.45) is 0 Å². The molecule has 0 radical (unpaired) electrons. The largest absolute Gasteiger partial charge is 0.358 e. The van der Waals surface area contributed by atoms with Gasteiger partial charge in [-0.3, -0.25) is 19.3 Å². The number of benzene rings is 1. The molecular weight excluding hydrogens is 339 g/mol. The van der Waals surface area contributed by atoms with Gasteiger partial charge < -0.3 is 16.0 Å². The third kappa shape index (κ3) is 4.78. The van der Waals surface area contributed by atoms with Crippen molar-refractivity contribution >= 4 is 17.7 Å². The fourth-order valence-electron chi connectivity index (χ4n) is 3.23. The zero-order valence-corrected chi connectivity index (χ0v) is 15.0. The van der Waals surface area contributed by atoms with Crippen LogP contribution in [0.3, 0.4) is 0 Å². The van der Waals surface area contributed by atoms with E-state index in [9.17, 15) is 18.8 Å². The van der Waals surface area contributed by atoms with Crippen molar-refractivity contribution in [1.29, 1.82) is 0 Å². The number of halogens is 1. The Hall–Kier alpha value is -2.48. The van der Waals surface area contributed by atoms with E-state index in [1.807, 2.05) is 0 Å². The van der Waals surface area contributed by atoms with Gasteiger partial charge in [0, 0.05) is 39.2 Å². The van der Waals surface area contributed by atoms with Crippen molar-refractivity contribution in [1.82, 2.24) is 20.9 Å². The monoisotopic (exact) mass is 364 g/mol. The number of nitrogens with one attached hydrogen (secondary N) is 3. The highest BCUT2D eigenvalue weighted by Gasteiger charge is 2.39. The van der Waals surface area contributed by atoms with Crippen molar-refractivity contribution in [2.75, 3.05) is 26.7 Å². The molecule has 1 aromatic carbocycles. The topological polar surface area (TPSA) is 90.5 Å². The summed E-state index contributed by atoms with van der Waals surface area (Å²) in [7, 11) is 1.49. The molecule has 8 heteroatoms. The van der Waals surface area contributed by atoms with Gasteiger partial charge in [-0.05, 0) is 18.9 Å². The first-order valence-electron chi connectivity index (χ1n) is 8.69. The molecule has 0 unspecified atom stereocenters. The van der Waals surface area contributed by atoms with Crippen LogP contribution in [0, 0.1) is 5.82 Å². The molecule has 2 atom stereocenters. The maximum atomic E-state index is 14.3. The Morgan fingerprint density at radius 3 is 2.58 bits per heavy atom. The lowest BCUT2D eigenvalue weighted by molar-refractivity contribution is -0.131. The summed E-state index contributed by atoms with van der Waals surface area (Å²) in [6.45, 7) is 2.56. The molecule has 1 aromatic rings. The molecule has 1 heterocycles. The van der Waals surface area contributed by atoms with Gasteiger partial charge in [0.15, 0.2) is 0 Å². The first kappa shape index (κ1) is 19.8. The van der Waals surface area contributed by atoms with Crippen molar-refractivity contribution in [3.8, 4) is 0 Å². The van der Waals surface area contributed by atoms with Gasteiger partial charge in [-0.1, -0.05) is 18.2 Å². The summed E-state index contributed by atoms with van der Waals surface area (Å²) in [4.78, 5) is 37.6. The smallest absolute Gasteiger partial charge is 0.241 e. The number of hydrogen-bond donors (Lipinski definition) is 3. The average molecular weight is 364 g/mol. The highest BCUT2D eigenvalue weighted by molar-refractivity contribution is 5.86.